The van der Waals surface area contributed by atoms with Crippen LogP contribution in [0.15, 0.2) is 48.5 Å². The molecule has 0 saturated heterocycles. The highest BCUT2D eigenvalue weighted by atomic mass is 35.5. The Labute approximate surface area is 169 Å². The van der Waals surface area contributed by atoms with Gasteiger partial charge in [0.25, 0.3) is 0 Å². The molecule has 3 aromatic carbocycles. The largest absolute Gasteiger partial charge is 0.507 e. The predicted molar refractivity (Wildman–Crippen MR) is 104 cm³/mol. The van der Waals surface area contributed by atoms with Crippen molar-refractivity contribution in [2.75, 3.05) is 0 Å². The van der Waals surface area contributed by atoms with Crippen molar-refractivity contribution < 1.29 is 24.9 Å². The van der Waals surface area contributed by atoms with Crippen LogP contribution >= 0.6 is 23.2 Å². The molecule has 1 unspecified atom stereocenters. The first-order valence-electron chi connectivity index (χ1n) is 8.21. The van der Waals surface area contributed by atoms with Gasteiger partial charge in [0.2, 0.25) is 0 Å². The average Bonchev–Trinajstić information content (AvgIpc) is 2.67. The summed E-state index contributed by atoms with van der Waals surface area (Å²) in [7, 11) is 0. The molecule has 0 aromatic heterocycles. The van der Waals surface area contributed by atoms with Crippen LogP contribution in [0.1, 0.15) is 49.1 Å². The highest BCUT2D eigenvalue weighted by Crippen LogP contribution is 2.44. The van der Waals surface area contributed by atoms with Crippen molar-refractivity contribution in [2.45, 2.75) is 6.10 Å². The molecule has 0 saturated carbocycles. The number of benzene rings is 3. The lowest BCUT2D eigenvalue weighted by Crippen LogP contribution is -2.22. The van der Waals surface area contributed by atoms with E-state index in [1.165, 1.54) is 30.3 Å². The zero-order valence-corrected chi connectivity index (χ0v) is 15.6. The number of carbonyl (C=O) groups is 2. The number of aliphatic hydroxyl groups excluding tert-OH is 1. The lowest BCUT2D eigenvalue weighted by atomic mass is 9.81. The summed E-state index contributed by atoms with van der Waals surface area (Å²) in [4.78, 5) is 25.6. The van der Waals surface area contributed by atoms with Gasteiger partial charge in [0.05, 0.1) is 11.1 Å². The van der Waals surface area contributed by atoms with Gasteiger partial charge in [-0.1, -0.05) is 53.5 Å². The third-order valence-corrected chi connectivity index (χ3v) is 5.29. The SMILES string of the molecule is O=C1c2ccccc2C(=O)c2c(O)c(C(O)c3ccc(Cl)cc3Cl)cc(O)c21. The van der Waals surface area contributed by atoms with E-state index in [1.807, 2.05) is 0 Å². The molecule has 1 atom stereocenters. The highest BCUT2D eigenvalue weighted by molar-refractivity contribution is 6.35. The van der Waals surface area contributed by atoms with Gasteiger partial charge in [-0.05, 0) is 18.2 Å². The molecule has 1 aliphatic carbocycles. The molecule has 0 spiro atoms. The quantitative estimate of drug-likeness (QED) is 0.426. The summed E-state index contributed by atoms with van der Waals surface area (Å²) in [6, 6.07) is 11.6. The minimum Gasteiger partial charge on any atom is -0.507 e. The fourth-order valence-electron chi connectivity index (χ4n) is 3.38. The molecule has 0 amide bonds. The van der Waals surface area contributed by atoms with E-state index in [2.05, 4.69) is 0 Å². The molecule has 5 nitrogen and oxygen atoms in total. The normalized spacial score (nSPS) is 13.8. The molecule has 3 aromatic rings. The van der Waals surface area contributed by atoms with Crippen LogP contribution in [0.4, 0.5) is 0 Å². The van der Waals surface area contributed by atoms with Crippen LogP contribution in [0.5, 0.6) is 11.5 Å². The number of hydrogen-bond acceptors (Lipinski definition) is 5. The second-order valence-electron chi connectivity index (χ2n) is 6.36. The average molecular weight is 415 g/mol. The molecular formula is C21H12Cl2O5. The molecule has 28 heavy (non-hydrogen) atoms. The Morgan fingerprint density at radius 1 is 0.786 bits per heavy atom. The number of carbonyl (C=O) groups excluding carboxylic acids is 2. The van der Waals surface area contributed by atoms with Crippen molar-refractivity contribution in [1.29, 1.82) is 0 Å². The van der Waals surface area contributed by atoms with Crippen LogP contribution in [0.3, 0.4) is 0 Å². The standard InChI is InChI=1S/C21H12Cl2O5/c22-9-5-6-12(14(23)7-9)18(25)13-8-15(24)16-17(21(13)28)20(27)11-4-2-1-3-10(11)19(16)26/h1-8,18,24-25,28H. The van der Waals surface area contributed by atoms with Crippen molar-refractivity contribution in [1.82, 2.24) is 0 Å². The van der Waals surface area contributed by atoms with Crippen molar-refractivity contribution in [3.05, 3.63) is 92.0 Å². The Hall–Kier alpha value is -2.86. The summed E-state index contributed by atoms with van der Waals surface area (Å²) >= 11 is 12.0. The smallest absolute Gasteiger partial charge is 0.198 e. The number of halogens is 2. The molecule has 4 rings (SSSR count). The van der Waals surface area contributed by atoms with Crippen molar-refractivity contribution in [3.8, 4) is 11.5 Å². The first kappa shape index (κ1) is 18.5. The fourth-order valence-corrected chi connectivity index (χ4v) is 3.89. The summed E-state index contributed by atoms with van der Waals surface area (Å²) in [5.74, 6) is -2.29. The first-order valence-corrected chi connectivity index (χ1v) is 8.97. The Kier molecular flexibility index (Phi) is 4.38. The number of fused-ring (bicyclic) bond motifs is 2. The second kappa shape index (κ2) is 6.63. The van der Waals surface area contributed by atoms with Gasteiger partial charge in [-0.25, -0.2) is 0 Å². The molecule has 0 aliphatic heterocycles. The van der Waals surface area contributed by atoms with Crippen LogP contribution < -0.4 is 0 Å². The Balaban J connectivity index is 1.93. The van der Waals surface area contributed by atoms with Gasteiger partial charge in [0.1, 0.15) is 17.6 Å². The molecular weight excluding hydrogens is 403 g/mol. The highest BCUT2D eigenvalue weighted by Gasteiger charge is 2.36. The number of aromatic hydroxyl groups is 2. The monoisotopic (exact) mass is 414 g/mol. The maximum atomic E-state index is 12.9. The van der Waals surface area contributed by atoms with Gasteiger partial charge < -0.3 is 15.3 Å². The summed E-state index contributed by atoms with van der Waals surface area (Å²) in [6.07, 6.45) is -1.46. The van der Waals surface area contributed by atoms with Crippen molar-refractivity contribution >= 4 is 34.8 Å². The number of rotatable bonds is 2. The summed E-state index contributed by atoms with van der Waals surface area (Å²) in [5, 5.41) is 32.4. The number of phenolic OH excluding ortho intramolecular Hbond substituents is 2. The van der Waals surface area contributed by atoms with Gasteiger partial charge >= 0.3 is 0 Å². The number of ketones is 2. The predicted octanol–water partition coefficient (Wildman–Crippen LogP) is 4.26. The van der Waals surface area contributed by atoms with Crippen LogP contribution in [-0.4, -0.2) is 26.9 Å². The van der Waals surface area contributed by atoms with Gasteiger partial charge in [-0.3, -0.25) is 9.59 Å². The van der Waals surface area contributed by atoms with Crippen LogP contribution in [0, 0.1) is 0 Å². The lowest BCUT2D eigenvalue weighted by Gasteiger charge is -2.23. The van der Waals surface area contributed by atoms with E-state index < -0.39 is 29.2 Å². The molecule has 0 radical (unpaired) electrons. The molecule has 1 aliphatic rings. The molecule has 7 heteroatoms. The molecule has 0 fully saturated rings. The Morgan fingerprint density at radius 2 is 1.39 bits per heavy atom. The summed E-state index contributed by atoms with van der Waals surface area (Å²) in [5.41, 5.74) is -0.312. The molecule has 140 valence electrons. The van der Waals surface area contributed by atoms with Gasteiger partial charge in [0, 0.05) is 32.3 Å². The number of aliphatic hydroxyl groups is 1. The number of phenols is 2. The van der Waals surface area contributed by atoms with Gasteiger partial charge in [-0.15, -0.1) is 0 Å². The van der Waals surface area contributed by atoms with E-state index in [-0.39, 0.29) is 38.4 Å². The van der Waals surface area contributed by atoms with Crippen LogP contribution in [-0.2, 0) is 0 Å². The molecule has 0 heterocycles. The summed E-state index contributed by atoms with van der Waals surface area (Å²) in [6.45, 7) is 0. The van der Waals surface area contributed by atoms with Gasteiger partial charge in [-0.2, -0.15) is 0 Å². The van der Waals surface area contributed by atoms with E-state index in [0.717, 1.165) is 6.07 Å². The van der Waals surface area contributed by atoms with E-state index in [9.17, 15) is 24.9 Å². The van der Waals surface area contributed by atoms with E-state index in [1.54, 1.807) is 12.1 Å². The Bertz CT molecular complexity index is 1170. The van der Waals surface area contributed by atoms with Crippen molar-refractivity contribution in [3.63, 3.8) is 0 Å². The zero-order chi connectivity index (χ0) is 20.2. The zero-order valence-electron chi connectivity index (χ0n) is 14.1. The van der Waals surface area contributed by atoms with E-state index in [4.69, 9.17) is 23.2 Å². The fraction of sp³-hybridized carbons (Fsp3) is 0.0476. The minimum absolute atomic E-state index is 0.117. The maximum absolute atomic E-state index is 12.9. The topological polar surface area (TPSA) is 94.8 Å². The minimum atomic E-state index is -1.46. The van der Waals surface area contributed by atoms with E-state index in [0.29, 0.717) is 5.02 Å². The first-order chi connectivity index (χ1) is 13.3. The lowest BCUT2D eigenvalue weighted by molar-refractivity contribution is 0.0973. The van der Waals surface area contributed by atoms with Crippen LogP contribution in [0.2, 0.25) is 10.0 Å². The molecule has 3 N–H and O–H groups in total. The van der Waals surface area contributed by atoms with Crippen molar-refractivity contribution in [2.24, 2.45) is 0 Å². The third-order valence-electron chi connectivity index (χ3n) is 4.73. The van der Waals surface area contributed by atoms with Gasteiger partial charge in [0.15, 0.2) is 11.6 Å². The second-order valence-corrected chi connectivity index (χ2v) is 7.20. The molecule has 0 bridgehead atoms. The number of hydrogen-bond donors (Lipinski definition) is 3. The summed E-state index contributed by atoms with van der Waals surface area (Å²) < 4.78 is 0. The maximum Gasteiger partial charge on any atom is 0.198 e. The van der Waals surface area contributed by atoms with E-state index >= 15 is 0 Å². The van der Waals surface area contributed by atoms with Crippen LogP contribution in [0.25, 0.3) is 0 Å². The Morgan fingerprint density at radius 3 is 2.00 bits per heavy atom. The third kappa shape index (κ3) is 2.67.